The second-order valence-corrected chi connectivity index (χ2v) is 3.95. The Labute approximate surface area is 112 Å². The van der Waals surface area contributed by atoms with E-state index in [1.54, 1.807) is 19.1 Å². The van der Waals surface area contributed by atoms with E-state index in [1.807, 2.05) is 0 Å². The molecule has 0 spiro atoms. The average Bonchev–Trinajstić information content (AvgIpc) is 3.16. The molecule has 0 aliphatic heterocycles. The summed E-state index contributed by atoms with van der Waals surface area (Å²) in [5, 5.41) is 13.7. The minimum atomic E-state index is -0.401. The molecule has 3 aromatic heterocycles. The van der Waals surface area contributed by atoms with Crippen molar-refractivity contribution in [2.75, 3.05) is 0 Å². The number of nitrogens with zero attached hydrogens (tertiary/aromatic N) is 3. The predicted octanol–water partition coefficient (Wildman–Crippen LogP) is 1.56. The summed E-state index contributed by atoms with van der Waals surface area (Å²) in [5.74, 6) is 1.25. The predicted molar refractivity (Wildman–Crippen MR) is 64.4 cm³/mol. The number of aryl methyl sites for hydroxylation is 1. The molecule has 3 aromatic rings. The summed E-state index contributed by atoms with van der Waals surface area (Å²) >= 11 is 0. The van der Waals surface area contributed by atoms with Crippen LogP contribution in [0.2, 0.25) is 0 Å². The highest BCUT2D eigenvalue weighted by atomic mass is 16.5. The molecule has 0 aliphatic rings. The van der Waals surface area contributed by atoms with E-state index in [0.717, 1.165) is 0 Å². The van der Waals surface area contributed by atoms with Gasteiger partial charge in [-0.25, -0.2) is 0 Å². The van der Waals surface area contributed by atoms with Crippen LogP contribution in [0.3, 0.4) is 0 Å². The Morgan fingerprint density at radius 2 is 2.25 bits per heavy atom. The summed E-state index contributed by atoms with van der Waals surface area (Å²) in [6.07, 6.45) is 1.51. The van der Waals surface area contributed by atoms with Crippen LogP contribution in [0.4, 0.5) is 0 Å². The van der Waals surface area contributed by atoms with Gasteiger partial charge in [0.2, 0.25) is 17.5 Å². The molecule has 8 heteroatoms. The molecule has 0 unspecified atom stereocenters. The van der Waals surface area contributed by atoms with E-state index in [-0.39, 0.29) is 12.2 Å². The van der Waals surface area contributed by atoms with E-state index in [9.17, 15) is 4.79 Å². The third-order valence-electron chi connectivity index (χ3n) is 2.47. The lowest BCUT2D eigenvalue weighted by Gasteiger charge is -1.97. The third kappa shape index (κ3) is 2.44. The zero-order valence-electron chi connectivity index (χ0n) is 10.5. The molecule has 0 bridgehead atoms. The number of carbonyl (C=O) groups excluding carboxylic acids is 1. The van der Waals surface area contributed by atoms with E-state index in [0.29, 0.717) is 23.3 Å². The Hall–Kier alpha value is -2.90. The molecule has 8 nitrogen and oxygen atoms in total. The smallest absolute Gasteiger partial charge is 0.273 e. The molecule has 3 rings (SSSR count). The molecule has 0 saturated carbocycles. The molecular weight excluding hydrogens is 264 g/mol. The number of aromatic nitrogens is 3. The highest BCUT2D eigenvalue weighted by molar-refractivity contribution is 5.92. The molecule has 1 amide bonds. The molecular formula is C12H10N4O4. The summed E-state index contributed by atoms with van der Waals surface area (Å²) in [6.45, 7) is 1.80. The number of amides is 1. The van der Waals surface area contributed by atoms with Crippen molar-refractivity contribution in [2.24, 2.45) is 0 Å². The Kier molecular flexibility index (Phi) is 3.04. The Bertz CT molecular complexity index is 713. The quantitative estimate of drug-likeness (QED) is 0.769. The maximum Gasteiger partial charge on any atom is 0.273 e. The Balaban J connectivity index is 1.65. The minimum absolute atomic E-state index is 0.128. The van der Waals surface area contributed by atoms with Gasteiger partial charge in [0.1, 0.15) is 0 Å². The summed E-state index contributed by atoms with van der Waals surface area (Å²) in [5.41, 5.74) is 0.146. The fraction of sp³-hybridized carbons (Fsp3) is 0.167. The standard InChI is InChI=1S/C12H10N4O4/c1-7-14-15-11(19-7)6-13-12(17)8-5-10(20-16-8)9-3-2-4-18-9/h2-5H,6H2,1H3,(H,13,17). The monoisotopic (exact) mass is 274 g/mol. The van der Waals surface area contributed by atoms with Gasteiger partial charge < -0.3 is 18.7 Å². The van der Waals surface area contributed by atoms with Crippen molar-refractivity contribution in [1.82, 2.24) is 20.7 Å². The highest BCUT2D eigenvalue weighted by Gasteiger charge is 2.15. The Morgan fingerprint density at radius 1 is 1.35 bits per heavy atom. The van der Waals surface area contributed by atoms with Gasteiger partial charge in [-0.2, -0.15) is 0 Å². The first-order valence-corrected chi connectivity index (χ1v) is 5.80. The molecule has 0 atom stereocenters. The molecule has 0 radical (unpaired) electrons. The maximum atomic E-state index is 11.9. The van der Waals surface area contributed by atoms with Gasteiger partial charge in [-0.3, -0.25) is 4.79 Å². The SMILES string of the molecule is Cc1nnc(CNC(=O)c2cc(-c3ccco3)on2)o1. The van der Waals surface area contributed by atoms with E-state index in [4.69, 9.17) is 13.4 Å². The van der Waals surface area contributed by atoms with E-state index in [1.165, 1.54) is 12.3 Å². The minimum Gasteiger partial charge on any atom is -0.461 e. The number of hydrogen-bond donors (Lipinski definition) is 1. The lowest BCUT2D eigenvalue weighted by atomic mass is 10.3. The van der Waals surface area contributed by atoms with Crippen LogP contribution in [-0.2, 0) is 6.54 Å². The number of nitrogens with one attached hydrogen (secondary N) is 1. The highest BCUT2D eigenvalue weighted by Crippen LogP contribution is 2.20. The number of furan rings is 1. The second-order valence-electron chi connectivity index (χ2n) is 3.95. The van der Waals surface area contributed by atoms with Gasteiger partial charge in [0.15, 0.2) is 11.5 Å². The van der Waals surface area contributed by atoms with Crippen LogP contribution in [0.1, 0.15) is 22.3 Å². The van der Waals surface area contributed by atoms with Gasteiger partial charge in [-0.05, 0) is 12.1 Å². The fourth-order valence-electron chi connectivity index (χ4n) is 1.57. The maximum absolute atomic E-state index is 11.9. The van der Waals surface area contributed by atoms with Crippen molar-refractivity contribution in [3.8, 4) is 11.5 Å². The fourth-order valence-corrected chi connectivity index (χ4v) is 1.57. The van der Waals surface area contributed by atoms with Gasteiger partial charge in [0, 0.05) is 13.0 Å². The van der Waals surface area contributed by atoms with Crippen LogP contribution in [0, 0.1) is 6.92 Å². The van der Waals surface area contributed by atoms with Gasteiger partial charge >= 0.3 is 0 Å². The zero-order chi connectivity index (χ0) is 13.9. The van der Waals surface area contributed by atoms with Crippen molar-refractivity contribution in [3.63, 3.8) is 0 Å². The van der Waals surface area contributed by atoms with E-state index in [2.05, 4.69) is 20.7 Å². The largest absolute Gasteiger partial charge is 0.461 e. The summed E-state index contributed by atoms with van der Waals surface area (Å²) < 4.78 is 15.3. The van der Waals surface area contributed by atoms with E-state index >= 15 is 0 Å². The molecule has 3 heterocycles. The second kappa shape index (κ2) is 5.00. The van der Waals surface area contributed by atoms with Gasteiger partial charge in [0.25, 0.3) is 5.91 Å². The van der Waals surface area contributed by atoms with Gasteiger partial charge in [-0.15, -0.1) is 10.2 Å². The number of carbonyl (C=O) groups is 1. The van der Waals surface area contributed by atoms with Crippen LogP contribution in [0.5, 0.6) is 0 Å². The van der Waals surface area contributed by atoms with Crippen molar-refractivity contribution in [3.05, 3.63) is 41.9 Å². The zero-order valence-corrected chi connectivity index (χ0v) is 10.5. The molecule has 0 saturated heterocycles. The Morgan fingerprint density at radius 3 is 2.95 bits per heavy atom. The summed E-state index contributed by atoms with van der Waals surface area (Å²) in [7, 11) is 0. The lowest BCUT2D eigenvalue weighted by molar-refractivity contribution is 0.0938. The molecule has 0 aromatic carbocycles. The van der Waals surface area contributed by atoms with Crippen LogP contribution in [0.15, 0.2) is 37.8 Å². The molecule has 1 N–H and O–H groups in total. The van der Waals surface area contributed by atoms with Crippen molar-refractivity contribution in [1.29, 1.82) is 0 Å². The number of rotatable bonds is 4. The molecule has 102 valence electrons. The molecule has 0 fully saturated rings. The lowest BCUT2D eigenvalue weighted by Crippen LogP contribution is -2.23. The molecule has 20 heavy (non-hydrogen) atoms. The first kappa shape index (κ1) is 12.2. The summed E-state index contributed by atoms with van der Waals surface area (Å²) in [4.78, 5) is 11.9. The topological polar surface area (TPSA) is 107 Å². The third-order valence-corrected chi connectivity index (χ3v) is 2.47. The summed E-state index contributed by atoms with van der Waals surface area (Å²) in [6, 6.07) is 4.92. The van der Waals surface area contributed by atoms with Crippen LogP contribution in [-0.4, -0.2) is 21.3 Å². The van der Waals surface area contributed by atoms with E-state index < -0.39 is 5.91 Å². The van der Waals surface area contributed by atoms with Crippen molar-refractivity contribution < 1.29 is 18.2 Å². The van der Waals surface area contributed by atoms with Crippen molar-refractivity contribution in [2.45, 2.75) is 13.5 Å². The average molecular weight is 274 g/mol. The van der Waals surface area contributed by atoms with Crippen LogP contribution < -0.4 is 5.32 Å². The normalized spacial score (nSPS) is 10.7. The van der Waals surface area contributed by atoms with Gasteiger partial charge in [0.05, 0.1) is 12.8 Å². The molecule has 0 aliphatic carbocycles. The van der Waals surface area contributed by atoms with Crippen LogP contribution in [0.25, 0.3) is 11.5 Å². The first-order chi connectivity index (χ1) is 9.72. The van der Waals surface area contributed by atoms with Crippen LogP contribution >= 0.6 is 0 Å². The van der Waals surface area contributed by atoms with Crippen molar-refractivity contribution >= 4 is 5.91 Å². The first-order valence-electron chi connectivity index (χ1n) is 5.80. The van der Waals surface area contributed by atoms with Gasteiger partial charge in [-0.1, -0.05) is 5.16 Å². The number of hydrogen-bond acceptors (Lipinski definition) is 7.